The Kier molecular flexibility index (Phi) is 5.19. The summed E-state index contributed by atoms with van der Waals surface area (Å²) in [6, 6.07) is -0.428. The van der Waals surface area contributed by atoms with Crippen LogP contribution in [0, 0.1) is 12.3 Å². The molecule has 1 unspecified atom stereocenters. The maximum absolute atomic E-state index is 12.0. The van der Waals surface area contributed by atoms with E-state index in [0.717, 1.165) is 5.69 Å². The molecular weight excluding hydrogens is 258 g/mol. The maximum Gasteiger partial charge on any atom is 0.305 e. The Morgan fingerprint density at radius 3 is 2.40 bits per heavy atom. The highest BCUT2D eigenvalue weighted by molar-refractivity contribution is 5.92. The molecule has 0 radical (unpaired) electrons. The molecule has 0 aliphatic carbocycles. The summed E-state index contributed by atoms with van der Waals surface area (Å²) in [4.78, 5) is 30.9. The van der Waals surface area contributed by atoms with Crippen LogP contribution < -0.4 is 5.32 Å². The summed E-state index contributed by atoms with van der Waals surface area (Å²) < 4.78 is 0. The molecule has 6 nitrogen and oxygen atoms in total. The van der Waals surface area contributed by atoms with E-state index >= 15 is 0 Å². The molecule has 0 spiro atoms. The minimum absolute atomic E-state index is 0.0770. The normalized spacial score (nSPS) is 12.8. The minimum Gasteiger partial charge on any atom is -0.481 e. The van der Waals surface area contributed by atoms with Crippen molar-refractivity contribution in [1.82, 2.24) is 15.3 Å². The molecule has 2 N–H and O–H groups in total. The first-order chi connectivity index (χ1) is 9.17. The van der Waals surface area contributed by atoms with Gasteiger partial charge in [0.1, 0.15) is 5.69 Å². The predicted molar refractivity (Wildman–Crippen MR) is 74.3 cm³/mol. The zero-order valence-corrected chi connectivity index (χ0v) is 12.3. The van der Waals surface area contributed by atoms with Gasteiger partial charge in [-0.3, -0.25) is 14.6 Å². The monoisotopic (exact) mass is 279 g/mol. The van der Waals surface area contributed by atoms with E-state index in [2.05, 4.69) is 15.3 Å². The molecule has 110 valence electrons. The quantitative estimate of drug-likeness (QED) is 0.857. The fourth-order valence-corrected chi connectivity index (χ4v) is 1.89. The van der Waals surface area contributed by atoms with Gasteiger partial charge in [0.25, 0.3) is 5.91 Å². The van der Waals surface area contributed by atoms with Crippen LogP contribution in [0.2, 0.25) is 0 Å². The Morgan fingerprint density at radius 2 is 1.95 bits per heavy atom. The second-order valence-corrected chi connectivity index (χ2v) is 6.08. The molecule has 0 aliphatic rings. The van der Waals surface area contributed by atoms with Gasteiger partial charge in [-0.1, -0.05) is 20.8 Å². The highest BCUT2D eigenvalue weighted by Gasteiger charge is 2.23. The summed E-state index contributed by atoms with van der Waals surface area (Å²) in [7, 11) is 0. The Hall–Kier alpha value is -1.98. The number of nitrogens with zero attached hydrogens (tertiary/aromatic N) is 2. The van der Waals surface area contributed by atoms with Gasteiger partial charge in [0, 0.05) is 12.2 Å². The van der Waals surface area contributed by atoms with Gasteiger partial charge in [0.15, 0.2) is 0 Å². The van der Waals surface area contributed by atoms with Crippen molar-refractivity contribution in [3.05, 3.63) is 23.8 Å². The van der Waals surface area contributed by atoms with Gasteiger partial charge in [-0.15, -0.1) is 0 Å². The van der Waals surface area contributed by atoms with E-state index < -0.39 is 17.9 Å². The van der Waals surface area contributed by atoms with E-state index in [1.54, 1.807) is 6.92 Å². The van der Waals surface area contributed by atoms with Crippen LogP contribution in [0.25, 0.3) is 0 Å². The van der Waals surface area contributed by atoms with Crippen LogP contribution in [0.15, 0.2) is 12.4 Å². The smallest absolute Gasteiger partial charge is 0.305 e. The van der Waals surface area contributed by atoms with Crippen molar-refractivity contribution in [2.24, 2.45) is 5.41 Å². The minimum atomic E-state index is -0.936. The molecule has 0 bridgehead atoms. The molecule has 1 rings (SSSR count). The number of hydrogen-bond acceptors (Lipinski definition) is 4. The van der Waals surface area contributed by atoms with Crippen molar-refractivity contribution >= 4 is 11.9 Å². The molecular formula is C14H21N3O3. The number of carbonyl (C=O) groups excluding carboxylic acids is 1. The number of carboxylic acids is 1. The van der Waals surface area contributed by atoms with E-state index in [1.807, 2.05) is 20.8 Å². The predicted octanol–water partition coefficient (Wildman–Crippen LogP) is 1.79. The molecule has 1 aromatic heterocycles. The fraction of sp³-hybridized carbons (Fsp3) is 0.571. The Labute approximate surface area is 118 Å². The number of nitrogens with one attached hydrogen (secondary N) is 1. The number of aromatic nitrogens is 2. The lowest BCUT2D eigenvalue weighted by Crippen LogP contribution is -2.39. The number of aliphatic carboxylic acids is 1. The number of aryl methyl sites for hydroxylation is 1. The third-order valence-electron chi connectivity index (χ3n) is 2.63. The topological polar surface area (TPSA) is 92.2 Å². The molecule has 1 aromatic rings. The summed E-state index contributed by atoms with van der Waals surface area (Å²) in [6.07, 6.45) is 3.36. The van der Waals surface area contributed by atoms with Crippen molar-refractivity contribution in [2.75, 3.05) is 0 Å². The molecule has 0 aromatic carbocycles. The van der Waals surface area contributed by atoms with Gasteiger partial charge >= 0.3 is 5.97 Å². The zero-order chi connectivity index (χ0) is 15.3. The third-order valence-corrected chi connectivity index (χ3v) is 2.63. The van der Waals surface area contributed by atoms with E-state index in [-0.39, 0.29) is 17.5 Å². The summed E-state index contributed by atoms with van der Waals surface area (Å²) in [5.74, 6) is -1.33. The average molecular weight is 279 g/mol. The molecule has 0 fully saturated rings. The fourth-order valence-electron chi connectivity index (χ4n) is 1.89. The van der Waals surface area contributed by atoms with Gasteiger partial charge in [-0.25, -0.2) is 4.98 Å². The third kappa shape index (κ3) is 5.77. The first-order valence-corrected chi connectivity index (χ1v) is 6.49. The standard InChI is InChI=1S/C14H21N3O3/c1-9-7-16-11(8-15-9)13(20)17-10(5-12(18)19)6-14(2,3)4/h7-8,10H,5-6H2,1-4H3,(H,17,20)(H,18,19). The van der Waals surface area contributed by atoms with Crippen molar-refractivity contribution in [1.29, 1.82) is 0 Å². The molecule has 0 saturated heterocycles. The summed E-state index contributed by atoms with van der Waals surface area (Å²) in [5.41, 5.74) is 0.838. The van der Waals surface area contributed by atoms with E-state index in [0.29, 0.717) is 6.42 Å². The zero-order valence-electron chi connectivity index (χ0n) is 12.3. The number of rotatable bonds is 5. The summed E-state index contributed by atoms with van der Waals surface area (Å²) in [6.45, 7) is 7.78. The van der Waals surface area contributed by atoms with Crippen LogP contribution in [0.1, 0.15) is 49.8 Å². The molecule has 1 heterocycles. The highest BCUT2D eigenvalue weighted by Crippen LogP contribution is 2.22. The Morgan fingerprint density at radius 1 is 1.30 bits per heavy atom. The van der Waals surface area contributed by atoms with Crippen LogP contribution in [0.3, 0.4) is 0 Å². The molecule has 20 heavy (non-hydrogen) atoms. The van der Waals surface area contributed by atoms with Crippen LogP contribution in [0.5, 0.6) is 0 Å². The lowest BCUT2D eigenvalue weighted by molar-refractivity contribution is -0.137. The lowest BCUT2D eigenvalue weighted by atomic mass is 9.87. The molecule has 1 amide bonds. The average Bonchev–Trinajstić information content (AvgIpc) is 2.26. The largest absolute Gasteiger partial charge is 0.481 e. The van der Waals surface area contributed by atoms with Crippen LogP contribution in [-0.4, -0.2) is 33.0 Å². The van der Waals surface area contributed by atoms with Gasteiger partial charge in [-0.05, 0) is 18.8 Å². The van der Waals surface area contributed by atoms with Gasteiger partial charge in [0.2, 0.25) is 0 Å². The van der Waals surface area contributed by atoms with Crippen LogP contribution >= 0.6 is 0 Å². The van der Waals surface area contributed by atoms with Crippen LogP contribution in [-0.2, 0) is 4.79 Å². The molecule has 0 aliphatic heterocycles. The molecule has 0 saturated carbocycles. The van der Waals surface area contributed by atoms with Crippen molar-refractivity contribution < 1.29 is 14.7 Å². The lowest BCUT2D eigenvalue weighted by Gasteiger charge is -2.25. The van der Waals surface area contributed by atoms with E-state index in [9.17, 15) is 9.59 Å². The first-order valence-electron chi connectivity index (χ1n) is 6.49. The first kappa shape index (κ1) is 16.1. The maximum atomic E-state index is 12.0. The summed E-state index contributed by atoms with van der Waals surface area (Å²) in [5, 5.41) is 11.6. The Balaban J connectivity index is 2.75. The number of amides is 1. The number of carboxylic acid groups (broad SMARTS) is 1. The number of carbonyl (C=O) groups is 2. The molecule has 1 atom stereocenters. The number of hydrogen-bond donors (Lipinski definition) is 2. The van der Waals surface area contributed by atoms with Gasteiger partial charge in [0.05, 0.1) is 18.3 Å². The Bertz CT molecular complexity index is 477. The highest BCUT2D eigenvalue weighted by atomic mass is 16.4. The van der Waals surface area contributed by atoms with E-state index in [4.69, 9.17) is 5.11 Å². The van der Waals surface area contributed by atoms with Crippen LogP contribution in [0.4, 0.5) is 0 Å². The van der Waals surface area contributed by atoms with E-state index in [1.165, 1.54) is 12.4 Å². The van der Waals surface area contributed by atoms with Crippen molar-refractivity contribution in [3.8, 4) is 0 Å². The van der Waals surface area contributed by atoms with Crippen molar-refractivity contribution in [3.63, 3.8) is 0 Å². The van der Waals surface area contributed by atoms with Crippen molar-refractivity contribution in [2.45, 2.75) is 46.6 Å². The molecule has 6 heteroatoms. The second kappa shape index (κ2) is 6.45. The van der Waals surface area contributed by atoms with Gasteiger partial charge < -0.3 is 10.4 Å². The van der Waals surface area contributed by atoms with Gasteiger partial charge in [-0.2, -0.15) is 0 Å². The SMILES string of the molecule is Cc1cnc(C(=O)NC(CC(=O)O)CC(C)(C)C)cn1. The second-order valence-electron chi connectivity index (χ2n) is 6.08. The summed E-state index contributed by atoms with van der Waals surface area (Å²) >= 11 is 0.